The van der Waals surface area contributed by atoms with Gasteiger partial charge in [0, 0.05) is 10.6 Å². The molecule has 4 nitrogen and oxygen atoms in total. The summed E-state index contributed by atoms with van der Waals surface area (Å²) in [5.41, 5.74) is 2.40. The predicted molar refractivity (Wildman–Crippen MR) is 116 cm³/mol. The number of benzene rings is 3. The Morgan fingerprint density at radius 1 is 0.793 bits per heavy atom. The zero-order chi connectivity index (χ0) is 20.6. The Bertz CT molecular complexity index is 944. The van der Waals surface area contributed by atoms with Crippen LogP contribution in [0.4, 0.5) is 0 Å². The molecule has 0 saturated carbocycles. The maximum absolute atomic E-state index is 12.7. The molecule has 3 aromatic carbocycles. The van der Waals surface area contributed by atoms with Gasteiger partial charge >= 0.3 is 0 Å². The molecule has 0 aliphatic heterocycles. The second kappa shape index (κ2) is 9.89. The van der Waals surface area contributed by atoms with Gasteiger partial charge in [0.25, 0.3) is 5.91 Å². The number of rotatable bonds is 7. The van der Waals surface area contributed by atoms with E-state index in [1.807, 2.05) is 67.6 Å². The summed E-state index contributed by atoms with van der Waals surface area (Å²) in [4.78, 5) is 25.3. The normalized spacial score (nSPS) is 12.6. The first-order valence-electron chi connectivity index (χ1n) is 9.48. The van der Waals surface area contributed by atoms with Crippen LogP contribution in [0.15, 0.2) is 84.9 Å². The second-order valence-corrected chi connectivity index (χ2v) is 7.28. The maximum atomic E-state index is 12.7. The molecule has 0 aliphatic carbocycles. The fraction of sp³-hybridized carbons (Fsp3) is 0.167. The molecule has 0 aliphatic rings. The van der Waals surface area contributed by atoms with Crippen molar-refractivity contribution in [2.24, 2.45) is 0 Å². The van der Waals surface area contributed by atoms with E-state index in [-0.39, 0.29) is 24.3 Å². The fourth-order valence-corrected chi connectivity index (χ4v) is 3.22. The third kappa shape index (κ3) is 5.93. The SMILES string of the molecule is CC(NC(=O)CC(NC(=O)c1ccccc1)c1ccccc1)c1ccc(Cl)cc1. The largest absolute Gasteiger partial charge is 0.350 e. The van der Waals surface area contributed by atoms with E-state index in [0.29, 0.717) is 10.6 Å². The van der Waals surface area contributed by atoms with Gasteiger partial charge in [-0.1, -0.05) is 72.3 Å². The highest BCUT2D eigenvalue weighted by Gasteiger charge is 2.20. The van der Waals surface area contributed by atoms with Gasteiger partial charge in [-0.15, -0.1) is 0 Å². The summed E-state index contributed by atoms with van der Waals surface area (Å²) in [6, 6.07) is 25.3. The quantitative estimate of drug-likeness (QED) is 0.575. The highest BCUT2D eigenvalue weighted by atomic mass is 35.5. The molecule has 0 aromatic heterocycles. The zero-order valence-electron chi connectivity index (χ0n) is 16.1. The molecule has 0 spiro atoms. The summed E-state index contributed by atoms with van der Waals surface area (Å²) in [5.74, 6) is -0.354. The minimum Gasteiger partial charge on any atom is -0.350 e. The standard InChI is InChI=1S/C24H23ClN2O2/c1-17(18-12-14-21(25)15-13-18)26-23(28)16-22(19-8-4-2-5-9-19)27-24(29)20-10-6-3-7-11-20/h2-15,17,22H,16H2,1H3,(H,26,28)(H,27,29). The third-order valence-electron chi connectivity index (χ3n) is 4.68. The Morgan fingerprint density at radius 3 is 2.00 bits per heavy atom. The van der Waals surface area contributed by atoms with E-state index in [1.54, 1.807) is 24.3 Å². The van der Waals surface area contributed by atoms with Gasteiger partial charge in [0.2, 0.25) is 5.91 Å². The average molecular weight is 407 g/mol. The van der Waals surface area contributed by atoms with Crippen LogP contribution < -0.4 is 10.6 Å². The summed E-state index contributed by atoms with van der Waals surface area (Å²) in [6.07, 6.45) is 0.139. The molecule has 2 N–H and O–H groups in total. The first-order valence-corrected chi connectivity index (χ1v) is 9.86. The van der Waals surface area contributed by atoms with Crippen LogP contribution in [0.1, 0.15) is 46.9 Å². The molecule has 5 heteroatoms. The fourth-order valence-electron chi connectivity index (χ4n) is 3.09. The maximum Gasteiger partial charge on any atom is 0.251 e. The lowest BCUT2D eigenvalue weighted by molar-refractivity contribution is -0.122. The van der Waals surface area contributed by atoms with Crippen molar-refractivity contribution in [1.29, 1.82) is 0 Å². The number of hydrogen-bond acceptors (Lipinski definition) is 2. The molecule has 3 aromatic rings. The van der Waals surface area contributed by atoms with Crippen LogP contribution in [0.5, 0.6) is 0 Å². The highest BCUT2D eigenvalue weighted by molar-refractivity contribution is 6.30. The Kier molecular flexibility index (Phi) is 7.04. The van der Waals surface area contributed by atoms with Gasteiger partial charge in [0.15, 0.2) is 0 Å². The smallest absolute Gasteiger partial charge is 0.251 e. The molecular weight excluding hydrogens is 384 g/mol. The molecule has 0 radical (unpaired) electrons. The molecule has 0 fully saturated rings. The Balaban J connectivity index is 1.70. The second-order valence-electron chi connectivity index (χ2n) is 6.85. The van der Waals surface area contributed by atoms with Crippen LogP contribution in [-0.4, -0.2) is 11.8 Å². The number of nitrogens with one attached hydrogen (secondary N) is 2. The summed E-state index contributed by atoms with van der Waals surface area (Å²) >= 11 is 5.93. The molecule has 148 valence electrons. The van der Waals surface area contributed by atoms with E-state index in [4.69, 9.17) is 11.6 Å². The summed E-state index contributed by atoms with van der Waals surface area (Å²) in [7, 11) is 0. The highest BCUT2D eigenvalue weighted by Crippen LogP contribution is 2.20. The van der Waals surface area contributed by atoms with E-state index in [0.717, 1.165) is 11.1 Å². The zero-order valence-corrected chi connectivity index (χ0v) is 16.9. The van der Waals surface area contributed by atoms with Gasteiger partial charge in [-0.05, 0) is 42.3 Å². The topological polar surface area (TPSA) is 58.2 Å². The van der Waals surface area contributed by atoms with Crippen molar-refractivity contribution >= 4 is 23.4 Å². The van der Waals surface area contributed by atoms with Gasteiger partial charge in [0.1, 0.15) is 0 Å². The lowest BCUT2D eigenvalue weighted by Crippen LogP contribution is -2.34. The Hall–Kier alpha value is -3.11. The van der Waals surface area contributed by atoms with Crippen molar-refractivity contribution in [2.75, 3.05) is 0 Å². The number of carbonyl (C=O) groups excluding carboxylic acids is 2. The van der Waals surface area contributed by atoms with E-state index in [1.165, 1.54) is 0 Å². The molecule has 0 heterocycles. The Morgan fingerprint density at radius 2 is 1.38 bits per heavy atom. The van der Waals surface area contributed by atoms with E-state index < -0.39 is 6.04 Å². The average Bonchev–Trinajstić information content (AvgIpc) is 2.75. The minimum atomic E-state index is -0.429. The van der Waals surface area contributed by atoms with Crippen LogP contribution in [0.25, 0.3) is 0 Å². The number of carbonyl (C=O) groups is 2. The number of hydrogen-bond donors (Lipinski definition) is 2. The van der Waals surface area contributed by atoms with E-state index >= 15 is 0 Å². The summed E-state index contributed by atoms with van der Waals surface area (Å²) in [6.45, 7) is 1.92. The molecule has 3 rings (SSSR count). The van der Waals surface area contributed by atoms with E-state index in [2.05, 4.69) is 10.6 Å². The van der Waals surface area contributed by atoms with Crippen LogP contribution >= 0.6 is 11.6 Å². The van der Waals surface area contributed by atoms with Gasteiger partial charge in [-0.2, -0.15) is 0 Å². The molecular formula is C24H23ClN2O2. The Labute approximate surface area is 175 Å². The summed E-state index contributed by atoms with van der Waals surface area (Å²) < 4.78 is 0. The molecule has 0 bridgehead atoms. The van der Waals surface area contributed by atoms with E-state index in [9.17, 15) is 9.59 Å². The monoisotopic (exact) mass is 406 g/mol. The number of halogens is 1. The van der Waals surface area contributed by atoms with Crippen molar-refractivity contribution < 1.29 is 9.59 Å². The molecule has 2 unspecified atom stereocenters. The van der Waals surface area contributed by atoms with Crippen molar-refractivity contribution in [3.63, 3.8) is 0 Å². The summed E-state index contributed by atoms with van der Waals surface area (Å²) in [5, 5.41) is 6.63. The van der Waals surface area contributed by atoms with Crippen molar-refractivity contribution in [3.8, 4) is 0 Å². The van der Waals surface area contributed by atoms with Gasteiger partial charge < -0.3 is 10.6 Å². The first kappa shape index (κ1) is 20.6. The van der Waals surface area contributed by atoms with Gasteiger partial charge in [0.05, 0.1) is 18.5 Å². The lowest BCUT2D eigenvalue weighted by Gasteiger charge is -2.21. The minimum absolute atomic E-state index is 0.139. The van der Waals surface area contributed by atoms with Crippen LogP contribution in [0, 0.1) is 0 Å². The molecule has 0 saturated heterocycles. The number of amides is 2. The molecule has 29 heavy (non-hydrogen) atoms. The van der Waals surface area contributed by atoms with Gasteiger partial charge in [-0.3, -0.25) is 9.59 Å². The predicted octanol–water partition coefficient (Wildman–Crippen LogP) is 5.08. The molecule has 2 amide bonds. The van der Waals surface area contributed by atoms with Crippen LogP contribution in [-0.2, 0) is 4.79 Å². The van der Waals surface area contributed by atoms with Crippen LogP contribution in [0.2, 0.25) is 5.02 Å². The van der Waals surface area contributed by atoms with Crippen LogP contribution in [0.3, 0.4) is 0 Å². The first-order chi connectivity index (χ1) is 14.0. The lowest BCUT2D eigenvalue weighted by atomic mass is 10.0. The molecule has 2 atom stereocenters. The van der Waals surface area contributed by atoms with Crippen molar-refractivity contribution in [1.82, 2.24) is 10.6 Å². The third-order valence-corrected chi connectivity index (χ3v) is 4.93. The van der Waals surface area contributed by atoms with Crippen molar-refractivity contribution in [2.45, 2.75) is 25.4 Å². The van der Waals surface area contributed by atoms with Crippen molar-refractivity contribution in [3.05, 3.63) is 107 Å². The van der Waals surface area contributed by atoms with Gasteiger partial charge in [-0.25, -0.2) is 0 Å².